The molecular weight excluding hydrogens is 275 g/mol. The molecule has 0 radical (unpaired) electrons. The number of allylic oxidation sites excluding steroid dienone is 1. The highest BCUT2D eigenvalue weighted by atomic mass is 35.5. The van der Waals surface area contributed by atoms with E-state index in [0.717, 1.165) is 0 Å². The van der Waals surface area contributed by atoms with Crippen molar-refractivity contribution >= 4 is 40.2 Å². The van der Waals surface area contributed by atoms with E-state index in [9.17, 15) is 9.59 Å². The molecule has 94 valence electrons. The minimum absolute atomic E-state index is 0.288. The van der Waals surface area contributed by atoms with Crippen molar-refractivity contribution < 1.29 is 0 Å². The van der Waals surface area contributed by atoms with E-state index >= 15 is 0 Å². The Morgan fingerprint density at radius 3 is 2.78 bits per heavy atom. The number of fused-ring (bicyclic) bond motifs is 1. The molecule has 2 aromatic rings. The summed E-state index contributed by atoms with van der Waals surface area (Å²) in [5.41, 5.74) is 0.222. The molecule has 18 heavy (non-hydrogen) atoms. The summed E-state index contributed by atoms with van der Waals surface area (Å²) in [5.74, 6) is 0.288. The van der Waals surface area contributed by atoms with Gasteiger partial charge in [0.05, 0.1) is 16.3 Å². The molecule has 0 amide bonds. The predicted molar refractivity (Wildman–Crippen MR) is 74.6 cm³/mol. The number of aromatic amines is 2. The third-order valence-electron chi connectivity index (χ3n) is 2.43. The first kappa shape index (κ1) is 12.9. The van der Waals surface area contributed by atoms with E-state index in [2.05, 4.69) is 9.97 Å². The van der Waals surface area contributed by atoms with Crippen LogP contribution in [0.15, 0.2) is 33.9 Å². The second-order valence-electron chi connectivity index (χ2n) is 3.71. The molecule has 0 aliphatic heterocycles. The number of hydrogen-bond acceptors (Lipinski definition) is 2. The van der Waals surface area contributed by atoms with Crippen molar-refractivity contribution in [2.75, 3.05) is 5.88 Å². The molecule has 1 atom stereocenters. The highest BCUT2D eigenvalue weighted by molar-refractivity contribution is 6.29. The van der Waals surface area contributed by atoms with E-state index in [1.165, 1.54) is 0 Å². The van der Waals surface area contributed by atoms with Gasteiger partial charge in [-0.2, -0.15) is 0 Å². The maximum atomic E-state index is 11.8. The summed E-state index contributed by atoms with van der Waals surface area (Å²) in [6, 6.07) is 5.19. The molecule has 1 aromatic carbocycles. The lowest BCUT2D eigenvalue weighted by Gasteiger charge is -2.01. The number of nitrogens with one attached hydrogen (secondary N) is 2. The lowest BCUT2D eigenvalue weighted by Crippen LogP contribution is -2.22. The number of halogens is 2. The molecule has 2 rings (SSSR count). The maximum absolute atomic E-state index is 11.8. The van der Waals surface area contributed by atoms with Crippen molar-refractivity contribution in [1.82, 2.24) is 9.97 Å². The van der Waals surface area contributed by atoms with E-state index in [1.54, 1.807) is 30.4 Å². The first-order valence-corrected chi connectivity index (χ1v) is 6.22. The Balaban J connectivity index is 2.62. The zero-order chi connectivity index (χ0) is 13.1. The first-order valence-electron chi connectivity index (χ1n) is 5.25. The minimum Gasteiger partial charge on any atom is -0.307 e. The highest BCUT2D eigenvalue weighted by Crippen LogP contribution is 2.14. The minimum atomic E-state index is -0.524. The summed E-state index contributed by atoms with van der Waals surface area (Å²) < 4.78 is 0. The highest BCUT2D eigenvalue weighted by Gasteiger charge is 2.04. The molecule has 0 bridgehead atoms. The van der Waals surface area contributed by atoms with Crippen LogP contribution in [-0.2, 0) is 0 Å². The van der Waals surface area contributed by atoms with Crippen molar-refractivity contribution in [1.29, 1.82) is 0 Å². The molecule has 0 saturated carbocycles. The molecule has 1 unspecified atom stereocenters. The molecule has 0 fully saturated rings. The smallest absolute Gasteiger partial charge is 0.307 e. The van der Waals surface area contributed by atoms with Gasteiger partial charge in [-0.1, -0.05) is 24.3 Å². The van der Waals surface area contributed by atoms with Crippen LogP contribution < -0.4 is 11.2 Å². The molecule has 6 heteroatoms. The van der Waals surface area contributed by atoms with Crippen LogP contribution in [0.2, 0.25) is 0 Å². The molecule has 4 nitrogen and oxygen atoms in total. The summed E-state index contributed by atoms with van der Waals surface area (Å²) in [5, 5.41) is 0.121. The third-order valence-corrected chi connectivity index (χ3v) is 3.22. The van der Waals surface area contributed by atoms with E-state index in [1.807, 2.05) is 0 Å². The van der Waals surface area contributed by atoms with Crippen molar-refractivity contribution in [3.05, 3.63) is 50.7 Å². The number of H-pyrrole nitrogens is 2. The quantitative estimate of drug-likeness (QED) is 0.848. The molecular formula is C12H10Cl2N2O2. The van der Waals surface area contributed by atoms with Gasteiger partial charge in [0, 0.05) is 5.88 Å². The fourth-order valence-corrected chi connectivity index (χ4v) is 1.82. The van der Waals surface area contributed by atoms with Gasteiger partial charge in [0.2, 0.25) is 0 Å². The van der Waals surface area contributed by atoms with E-state index < -0.39 is 11.2 Å². The van der Waals surface area contributed by atoms with Crippen LogP contribution in [0.3, 0.4) is 0 Å². The van der Waals surface area contributed by atoms with Gasteiger partial charge >= 0.3 is 5.69 Å². The van der Waals surface area contributed by atoms with Crippen LogP contribution >= 0.6 is 23.2 Å². The molecule has 1 aromatic heterocycles. The largest absolute Gasteiger partial charge is 0.326 e. The Morgan fingerprint density at radius 2 is 2.06 bits per heavy atom. The number of aromatic nitrogens is 2. The molecule has 2 N–H and O–H groups in total. The average Bonchev–Trinajstić information content (AvgIpc) is 2.35. The number of benzene rings is 1. The topological polar surface area (TPSA) is 65.7 Å². The predicted octanol–water partition coefficient (Wildman–Crippen LogP) is 2.08. The van der Waals surface area contributed by atoms with Gasteiger partial charge in [0.25, 0.3) is 5.56 Å². The van der Waals surface area contributed by atoms with Gasteiger partial charge in [-0.05, 0) is 11.6 Å². The van der Waals surface area contributed by atoms with E-state index in [0.29, 0.717) is 16.5 Å². The Labute approximate surface area is 112 Å². The molecule has 0 saturated heterocycles. The van der Waals surface area contributed by atoms with Crippen molar-refractivity contribution in [3.63, 3.8) is 0 Å². The third kappa shape index (κ3) is 2.66. The monoisotopic (exact) mass is 284 g/mol. The first-order chi connectivity index (χ1) is 8.61. The van der Waals surface area contributed by atoms with Gasteiger partial charge in [0.1, 0.15) is 0 Å². The molecule has 0 aliphatic rings. The number of rotatable bonds is 3. The zero-order valence-electron chi connectivity index (χ0n) is 9.24. The fourth-order valence-electron chi connectivity index (χ4n) is 1.65. The molecule has 0 aliphatic carbocycles. The summed E-state index contributed by atoms with van der Waals surface area (Å²) in [6.45, 7) is 0. The van der Waals surface area contributed by atoms with Crippen LogP contribution in [0.4, 0.5) is 0 Å². The Hall–Kier alpha value is -1.52. The lowest BCUT2D eigenvalue weighted by molar-refractivity contribution is 1.08. The summed E-state index contributed by atoms with van der Waals surface area (Å²) in [4.78, 5) is 27.7. The van der Waals surface area contributed by atoms with Crippen LogP contribution in [0.5, 0.6) is 0 Å². The number of alkyl halides is 2. The van der Waals surface area contributed by atoms with Gasteiger partial charge in [-0.25, -0.2) is 4.79 Å². The van der Waals surface area contributed by atoms with Crippen LogP contribution in [0, 0.1) is 0 Å². The number of hydrogen-bond donors (Lipinski definition) is 2. The van der Waals surface area contributed by atoms with Crippen molar-refractivity contribution in [3.8, 4) is 0 Å². The van der Waals surface area contributed by atoms with E-state index in [4.69, 9.17) is 23.2 Å². The summed E-state index contributed by atoms with van der Waals surface area (Å²) >= 11 is 11.5. The Bertz CT molecular complexity index is 703. The van der Waals surface area contributed by atoms with Gasteiger partial charge in [0.15, 0.2) is 0 Å². The molecule has 1 heterocycles. The van der Waals surface area contributed by atoms with Crippen LogP contribution in [-0.4, -0.2) is 21.2 Å². The van der Waals surface area contributed by atoms with Crippen LogP contribution in [0.25, 0.3) is 17.0 Å². The average molecular weight is 285 g/mol. The second kappa shape index (κ2) is 5.42. The normalized spacial score (nSPS) is 13.2. The Kier molecular flexibility index (Phi) is 3.89. The van der Waals surface area contributed by atoms with Gasteiger partial charge in [-0.3, -0.25) is 9.78 Å². The van der Waals surface area contributed by atoms with Crippen LogP contribution in [0.1, 0.15) is 5.56 Å². The van der Waals surface area contributed by atoms with Gasteiger partial charge in [-0.15, -0.1) is 23.2 Å². The molecule has 0 spiro atoms. The van der Waals surface area contributed by atoms with Gasteiger partial charge < -0.3 is 4.98 Å². The lowest BCUT2D eigenvalue weighted by atomic mass is 10.1. The zero-order valence-corrected chi connectivity index (χ0v) is 10.8. The summed E-state index contributed by atoms with van der Waals surface area (Å²) in [7, 11) is 0. The van der Waals surface area contributed by atoms with E-state index in [-0.39, 0.29) is 11.3 Å². The standard InChI is InChI=1S/C12H10Cl2N2O2/c13-6-8(14)5-4-7-2-1-3-9-10(7)11(17)16-12(18)15-9/h1-5,8H,6H2,(H2,15,16,17,18)/b5-4+. The maximum Gasteiger partial charge on any atom is 0.326 e. The SMILES string of the molecule is O=c1[nH]c(=O)c2c(/C=C/C(Cl)CCl)cccc2[nH]1. The van der Waals surface area contributed by atoms with Crippen molar-refractivity contribution in [2.45, 2.75) is 5.38 Å². The summed E-state index contributed by atoms with van der Waals surface area (Å²) in [6.07, 6.45) is 3.42. The Morgan fingerprint density at radius 1 is 1.28 bits per heavy atom. The van der Waals surface area contributed by atoms with Crippen molar-refractivity contribution in [2.24, 2.45) is 0 Å². The second-order valence-corrected chi connectivity index (χ2v) is 4.58. The fraction of sp³-hybridized carbons (Fsp3) is 0.167.